The van der Waals surface area contributed by atoms with E-state index in [1.54, 1.807) is 0 Å². The molecule has 1 fully saturated rings. The van der Waals surface area contributed by atoms with Crippen LogP contribution in [0.1, 0.15) is 12.8 Å². The zero-order chi connectivity index (χ0) is 14.2. The Morgan fingerprint density at radius 3 is 2.58 bits per heavy atom. The molecule has 0 aliphatic heterocycles. The van der Waals surface area contributed by atoms with E-state index in [1.165, 1.54) is 7.05 Å². The van der Waals surface area contributed by atoms with Crippen molar-refractivity contribution in [2.24, 2.45) is 5.92 Å². The molecule has 8 heteroatoms. The summed E-state index contributed by atoms with van der Waals surface area (Å²) in [6.07, 6.45) is 1.99. The Balaban J connectivity index is 2.29. The van der Waals surface area contributed by atoms with Crippen molar-refractivity contribution >= 4 is 15.7 Å². The highest BCUT2D eigenvalue weighted by atomic mass is 32.2. The van der Waals surface area contributed by atoms with Crippen molar-refractivity contribution < 1.29 is 17.7 Å². The van der Waals surface area contributed by atoms with Crippen LogP contribution in [0.5, 0.6) is 0 Å². The molecule has 0 atom stereocenters. The lowest BCUT2D eigenvalue weighted by Gasteiger charge is -2.16. The average molecular weight is 288 g/mol. The molecule has 0 bridgehead atoms. The topological polar surface area (TPSA) is 80.5 Å². The second-order valence-corrected chi connectivity index (χ2v) is 6.64. The number of rotatable bonds is 5. The van der Waals surface area contributed by atoms with Gasteiger partial charge in [0.25, 0.3) is 0 Å². The van der Waals surface area contributed by atoms with Crippen molar-refractivity contribution in [1.82, 2.24) is 4.31 Å². The Bertz CT molecular complexity index is 613. The van der Waals surface area contributed by atoms with Crippen molar-refractivity contribution in [1.29, 1.82) is 0 Å². The Kier molecular flexibility index (Phi) is 3.55. The summed E-state index contributed by atoms with van der Waals surface area (Å²) in [6.45, 7) is 0.390. The molecule has 6 nitrogen and oxygen atoms in total. The van der Waals surface area contributed by atoms with Gasteiger partial charge in [-0.05, 0) is 24.8 Å². The van der Waals surface area contributed by atoms with Gasteiger partial charge in [-0.15, -0.1) is 0 Å². The number of sulfonamides is 1. The first kappa shape index (κ1) is 13.9. The predicted molar refractivity (Wildman–Crippen MR) is 65.6 cm³/mol. The first-order valence-electron chi connectivity index (χ1n) is 5.72. The average Bonchev–Trinajstić information content (AvgIpc) is 3.12. The van der Waals surface area contributed by atoms with Crippen LogP contribution >= 0.6 is 0 Å². The van der Waals surface area contributed by atoms with Gasteiger partial charge >= 0.3 is 5.69 Å². The summed E-state index contributed by atoms with van der Waals surface area (Å²) >= 11 is 0. The van der Waals surface area contributed by atoms with E-state index in [-0.39, 0.29) is 4.90 Å². The van der Waals surface area contributed by atoms with Crippen LogP contribution in [0.4, 0.5) is 10.1 Å². The Hall–Kier alpha value is -1.54. The second kappa shape index (κ2) is 4.86. The van der Waals surface area contributed by atoms with Gasteiger partial charge in [-0.2, -0.15) is 4.39 Å². The maximum Gasteiger partial charge on any atom is 0.304 e. The summed E-state index contributed by atoms with van der Waals surface area (Å²) in [5.41, 5.74) is -0.733. The van der Waals surface area contributed by atoms with Crippen LogP contribution in [0.3, 0.4) is 0 Å². The maximum atomic E-state index is 13.4. The van der Waals surface area contributed by atoms with E-state index in [0.29, 0.717) is 18.5 Å². The van der Waals surface area contributed by atoms with Gasteiger partial charge in [-0.3, -0.25) is 10.1 Å². The highest BCUT2D eigenvalue weighted by molar-refractivity contribution is 7.89. The number of nitro groups is 1. The smallest absolute Gasteiger partial charge is 0.258 e. The summed E-state index contributed by atoms with van der Waals surface area (Å²) in [5.74, 6) is -0.784. The van der Waals surface area contributed by atoms with Crippen LogP contribution in [0, 0.1) is 21.8 Å². The third kappa shape index (κ3) is 2.90. The molecule has 0 spiro atoms. The van der Waals surface area contributed by atoms with E-state index in [9.17, 15) is 22.9 Å². The number of nitro benzene ring substituents is 1. The number of halogens is 1. The molecule has 104 valence electrons. The Morgan fingerprint density at radius 1 is 1.47 bits per heavy atom. The summed E-state index contributed by atoms with van der Waals surface area (Å²) in [6, 6.07) is 2.62. The van der Waals surface area contributed by atoms with E-state index in [0.717, 1.165) is 29.3 Å². The number of hydrogen-bond acceptors (Lipinski definition) is 4. The minimum absolute atomic E-state index is 0.265. The van der Waals surface area contributed by atoms with Crippen molar-refractivity contribution in [3.05, 3.63) is 34.1 Å². The number of nitrogens with zero attached hydrogens (tertiary/aromatic N) is 2. The molecule has 1 aromatic carbocycles. The van der Waals surface area contributed by atoms with Crippen molar-refractivity contribution in [2.75, 3.05) is 13.6 Å². The van der Waals surface area contributed by atoms with Crippen LogP contribution in [-0.4, -0.2) is 31.2 Å². The van der Waals surface area contributed by atoms with Gasteiger partial charge in [0.2, 0.25) is 15.8 Å². The van der Waals surface area contributed by atoms with E-state index in [1.807, 2.05) is 0 Å². The number of hydrogen-bond donors (Lipinski definition) is 0. The zero-order valence-electron chi connectivity index (χ0n) is 10.2. The SMILES string of the molecule is CN(CC1CC1)S(=O)(=O)c1ccc([N+](=O)[O-])c(F)c1. The highest BCUT2D eigenvalue weighted by Gasteiger charge is 2.30. The Labute approximate surface area is 110 Å². The van der Waals surface area contributed by atoms with Crippen LogP contribution in [0.2, 0.25) is 0 Å². The van der Waals surface area contributed by atoms with Crippen LogP contribution < -0.4 is 0 Å². The standard InChI is InChI=1S/C11H13FN2O4S/c1-13(7-8-2-3-8)19(17,18)9-4-5-11(14(15)16)10(12)6-9/h4-6,8H,2-3,7H2,1H3. The molecular formula is C11H13FN2O4S. The van der Waals surface area contributed by atoms with E-state index in [2.05, 4.69) is 0 Å². The second-order valence-electron chi connectivity index (χ2n) is 4.60. The quantitative estimate of drug-likeness (QED) is 0.611. The lowest BCUT2D eigenvalue weighted by molar-refractivity contribution is -0.387. The molecule has 1 aliphatic carbocycles. The van der Waals surface area contributed by atoms with Crippen molar-refractivity contribution in [3.63, 3.8) is 0 Å². The molecule has 19 heavy (non-hydrogen) atoms. The fraction of sp³-hybridized carbons (Fsp3) is 0.455. The summed E-state index contributed by atoms with van der Waals surface area (Å²) in [7, 11) is -2.36. The molecule has 0 N–H and O–H groups in total. The number of benzene rings is 1. The highest BCUT2D eigenvalue weighted by Crippen LogP contribution is 2.31. The fourth-order valence-corrected chi connectivity index (χ4v) is 3.00. The molecule has 2 rings (SSSR count). The summed E-state index contributed by atoms with van der Waals surface area (Å²) in [4.78, 5) is 9.32. The molecular weight excluding hydrogens is 275 g/mol. The molecule has 0 unspecified atom stereocenters. The van der Waals surface area contributed by atoms with Crippen molar-refractivity contribution in [3.8, 4) is 0 Å². The van der Waals surface area contributed by atoms with Crippen LogP contribution in [-0.2, 0) is 10.0 Å². The van der Waals surface area contributed by atoms with Gasteiger partial charge in [-0.25, -0.2) is 12.7 Å². The first-order valence-corrected chi connectivity index (χ1v) is 7.16. The molecule has 0 heterocycles. The van der Waals surface area contributed by atoms with Crippen molar-refractivity contribution in [2.45, 2.75) is 17.7 Å². The van der Waals surface area contributed by atoms with Crippen LogP contribution in [0.15, 0.2) is 23.1 Å². The summed E-state index contributed by atoms with van der Waals surface area (Å²) in [5, 5.41) is 10.5. The van der Waals surface area contributed by atoms with Crippen LogP contribution in [0.25, 0.3) is 0 Å². The lowest BCUT2D eigenvalue weighted by atomic mass is 10.3. The first-order chi connectivity index (χ1) is 8.82. The molecule has 0 radical (unpaired) electrons. The maximum absolute atomic E-state index is 13.4. The van der Waals surface area contributed by atoms with Gasteiger partial charge < -0.3 is 0 Å². The third-order valence-electron chi connectivity index (χ3n) is 3.04. The van der Waals surface area contributed by atoms with E-state index >= 15 is 0 Å². The molecule has 0 aromatic heterocycles. The van der Waals surface area contributed by atoms with Gasteiger partial charge in [0.1, 0.15) is 0 Å². The molecule has 0 amide bonds. The largest absolute Gasteiger partial charge is 0.304 e. The fourth-order valence-electron chi connectivity index (χ4n) is 1.74. The zero-order valence-corrected chi connectivity index (χ0v) is 11.1. The minimum Gasteiger partial charge on any atom is -0.258 e. The lowest BCUT2D eigenvalue weighted by Crippen LogP contribution is -2.29. The molecule has 1 aliphatic rings. The Morgan fingerprint density at radius 2 is 2.11 bits per heavy atom. The van der Waals surface area contributed by atoms with Gasteiger partial charge in [0, 0.05) is 25.7 Å². The van der Waals surface area contributed by atoms with E-state index in [4.69, 9.17) is 0 Å². The predicted octanol–water partition coefficient (Wildman–Crippen LogP) is 1.76. The monoisotopic (exact) mass is 288 g/mol. The summed E-state index contributed by atoms with van der Waals surface area (Å²) < 4.78 is 38.8. The molecule has 1 aromatic rings. The molecule has 0 saturated heterocycles. The van der Waals surface area contributed by atoms with E-state index < -0.39 is 26.5 Å². The van der Waals surface area contributed by atoms with Gasteiger partial charge in [0.05, 0.1) is 9.82 Å². The third-order valence-corrected chi connectivity index (χ3v) is 4.86. The van der Waals surface area contributed by atoms with Gasteiger partial charge in [0.15, 0.2) is 0 Å². The normalized spacial score (nSPS) is 15.7. The minimum atomic E-state index is -3.79. The van der Waals surface area contributed by atoms with Gasteiger partial charge in [-0.1, -0.05) is 0 Å². The molecule has 1 saturated carbocycles.